The Morgan fingerprint density at radius 3 is 2.71 bits per heavy atom. The molecule has 1 saturated heterocycles. The monoisotopic (exact) mass is 432 g/mol. The third kappa shape index (κ3) is 2.86. The molecule has 0 amide bonds. The largest absolute Gasteiger partial charge is 0.477 e. The molecule has 7 nitrogen and oxygen atoms in total. The highest BCUT2D eigenvalue weighted by Crippen LogP contribution is 2.51. The van der Waals surface area contributed by atoms with Crippen molar-refractivity contribution in [2.24, 2.45) is 11.3 Å². The van der Waals surface area contributed by atoms with Crippen molar-refractivity contribution in [2.75, 3.05) is 37.3 Å². The molecule has 2 aromatic rings. The van der Waals surface area contributed by atoms with E-state index in [0.717, 1.165) is 38.6 Å². The number of pyridine rings is 1. The summed E-state index contributed by atoms with van der Waals surface area (Å²) in [6.07, 6.45) is 5.76. The van der Waals surface area contributed by atoms with E-state index in [2.05, 4.69) is 5.32 Å². The van der Waals surface area contributed by atoms with Crippen LogP contribution in [0.1, 0.15) is 48.5 Å². The lowest BCUT2D eigenvalue weighted by Gasteiger charge is -2.29. The maximum absolute atomic E-state index is 16.0. The number of aromatic nitrogens is 1. The van der Waals surface area contributed by atoms with Gasteiger partial charge in [0.05, 0.1) is 16.6 Å². The molecule has 3 aliphatic rings. The Morgan fingerprint density at radius 1 is 1.32 bits per heavy atom. The van der Waals surface area contributed by atoms with Crippen LogP contribution in [0.3, 0.4) is 0 Å². The Hall–Kier alpha value is -2.68. The molecule has 2 aliphatic carbocycles. The van der Waals surface area contributed by atoms with E-state index in [0.29, 0.717) is 19.0 Å². The zero-order valence-corrected chi connectivity index (χ0v) is 17.4. The van der Waals surface area contributed by atoms with Crippen LogP contribution in [-0.4, -0.2) is 42.3 Å². The van der Waals surface area contributed by atoms with Gasteiger partial charge in [0.15, 0.2) is 11.6 Å². The van der Waals surface area contributed by atoms with Gasteiger partial charge in [-0.05, 0) is 38.6 Å². The third-order valence-corrected chi connectivity index (χ3v) is 7.42. The molecule has 5 rings (SSSR count). The molecule has 1 aromatic heterocycles. The normalized spacial score (nSPS) is 25.4. The second kappa shape index (κ2) is 6.91. The Labute approximate surface area is 177 Å². The molecule has 2 atom stereocenters. The number of carboxylic acids is 1. The van der Waals surface area contributed by atoms with Crippen LogP contribution in [0.25, 0.3) is 10.9 Å². The van der Waals surface area contributed by atoms with E-state index in [1.54, 1.807) is 4.90 Å². The number of nitrogens with one attached hydrogen (secondary N) is 1. The van der Waals surface area contributed by atoms with Crippen LogP contribution in [0.15, 0.2) is 11.0 Å². The lowest BCUT2D eigenvalue weighted by Crippen LogP contribution is -2.37. The number of hydrogen-bond donors (Lipinski definition) is 3. The maximum Gasteiger partial charge on any atom is 0.341 e. The van der Waals surface area contributed by atoms with Crippen LogP contribution in [0.5, 0.6) is 0 Å². The van der Waals surface area contributed by atoms with Crippen molar-refractivity contribution in [3.8, 4) is 0 Å². The Bertz CT molecular complexity index is 1160. The smallest absolute Gasteiger partial charge is 0.341 e. The number of aromatic carboxylic acids is 1. The van der Waals surface area contributed by atoms with Gasteiger partial charge in [-0.2, -0.15) is 0 Å². The second-order valence-electron chi connectivity index (χ2n) is 9.29. The fourth-order valence-electron chi connectivity index (χ4n) is 5.85. The van der Waals surface area contributed by atoms with Crippen molar-refractivity contribution in [2.45, 2.75) is 38.1 Å². The second-order valence-corrected chi connectivity index (χ2v) is 9.29. The summed E-state index contributed by atoms with van der Waals surface area (Å²) in [4.78, 5) is 26.1. The molecule has 9 heteroatoms. The Morgan fingerprint density at radius 2 is 2.06 bits per heavy atom. The summed E-state index contributed by atoms with van der Waals surface area (Å²) < 4.78 is 32.9. The average Bonchev–Trinajstić information content (AvgIpc) is 3.40. The molecule has 0 bridgehead atoms. The summed E-state index contributed by atoms with van der Waals surface area (Å²) in [6.45, 7) is 1.81. The number of halogens is 2. The number of hydrogen-bond acceptors (Lipinski definition) is 5. The van der Waals surface area contributed by atoms with Crippen molar-refractivity contribution >= 4 is 28.2 Å². The van der Waals surface area contributed by atoms with Crippen LogP contribution in [-0.2, 0) is 0 Å². The van der Waals surface area contributed by atoms with Crippen molar-refractivity contribution in [3.05, 3.63) is 33.6 Å². The number of anilines is 2. The SMILES string of the molecule is CNC[C@]12CCC[C@H]1CN(c1c(F)c(N)c3c(=O)c(C(=O)O)cn(C4CC4)c3c1F)C2. The maximum atomic E-state index is 16.0. The lowest BCUT2D eigenvalue weighted by molar-refractivity contribution is 0.0695. The van der Waals surface area contributed by atoms with E-state index in [9.17, 15) is 14.7 Å². The minimum absolute atomic E-state index is 0.0410. The first-order valence-electron chi connectivity index (χ1n) is 10.8. The van der Waals surface area contributed by atoms with E-state index >= 15 is 8.78 Å². The van der Waals surface area contributed by atoms with E-state index in [1.165, 1.54) is 10.8 Å². The first kappa shape index (κ1) is 20.2. The van der Waals surface area contributed by atoms with Gasteiger partial charge in [0.2, 0.25) is 5.43 Å². The molecule has 0 spiro atoms. The Balaban J connectivity index is 1.73. The van der Waals surface area contributed by atoms with Gasteiger partial charge in [0.25, 0.3) is 0 Å². The summed E-state index contributed by atoms with van der Waals surface area (Å²) in [5.41, 5.74) is 3.74. The molecule has 0 radical (unpaired) electrons. The topological polar surface area (TPSA) is 101 Å². The standard InChI is InChI=1S/C22H26F2N4O3/c1-26-9-22-6-2-3-11(22)7-27(10-22)19-15(23)17(25)14-18(16(19)24)28(12-4-5-12)8-13(20(14)29)21(30)31/h8,11-12,26H,2-7,9-10,25H2,1H3,(H,30,31)/t11-,22-/m0/s1. The first-order valence-corrected chi connectivity index (χ1v) is 10.8. The summed E-state index contributed by atoms with van der Waals surface area (Å²) in [7, 11) is 1.89. The minimum Gasteiger partial charge on any atom is -0.477 e. The van der Waals surface area contributed by atoms with Crippen molar-refractivity contribution in [1.29, 1.82) is 0 Å². The van der Waals surface area contributed by atoms with Crippen LogP contribution in [0, 0.1) is 23.0 Å². The van der Waals surface area contributed by atoms with E-state index in [1.807, 2.05) is 7.05 Å². The first-order chi connectivity index (χ1) is 14.8. The summed E-state index contributed by atoms with van der Waals surface area (Å²) in [5, 5.41) is 12.3. The quantitative estimate of drug-likeness (QED) is 0.628. The van der Waals surface area contributed by atoms with E-state index in [4.69, 9.17) is 5.73 Å². The van der Waals surface area contributed by atoms with Gasteiger partial charge >= 0.3 is 5.97 Å². The van der Waals surface area contributed by atoms with Gasteiger partial charge in [-0.1, -0.05) is 6.42 Å². The third-order valence-electron chi connectivity index (χ3n) is 7.42. The molecule has 31 heavy (non-hydrogen) atoms. The summed E-state index contributed by atoms with van der Waals surface area (Å²) in [6, 6.07) is -0.123. The molecular formula is C22H26F2N4O3. The van der Waals surface area contributed by atoms with Crippen molar-refractivity contribution < 1.29 is 18.7 Å². The number of rotatable bonds is 5. The van der Waals surface area contributed by atoms with Gasteiger partial charge in [-0.15, -0.1) is 0 Å². The van der Waals surface area contributed by atoms with Crippen molar-refractivity contribution in [3.63, 3.8) is 0 Å². The lowest BCUT2D eigenvalue weighted by atomic mass is 9.81. The van der Waals surface area contributed by atoms with E-state index in [-0.39, 0.29) is 28.0 Å². The zero-order valence-electron chi connectivity index (χ0n) is 17.4. The number of nitrogens with zero attached hydrogens (tertiary/aromatic N) is 2. The van der Waals surface area contributed by atoms with Crippen LogP contribution in [0.4, 0.5) is 20.2 Å². The predicted octanol–water partition coefficient (Wildman–Crippen LogP) is 2.72. The van der Waals surface area contributed by atoms with Crippen molar-refractivity contribution in [1.82, 2.24) is 9.88 Å². The fraction of sp³-hybridized carbons (Fsp3) is 0.545. The van der Waals surface area contributed by atoms with Crippen LogP contribution < -0.4 is 21.4 Å². The molecule has 4 N–H and O–H groups in total. The van der Waals surface area contributed by atoms with Gasteiger partial charge in [-0.3, -0.25) is 4.79 Å². The zero-order chi connectivity index (χ0) is 22.1. The van der Waals surface area contributed by atoms with Gasteiger partial charge in [0, 0.05) is 37.3 Å². The highest BCUT2D eigenvalue weighted by atomic mass is 19.1. The van der Waals surface area contributed by atoms with Gasteiger partial charge in [0.1, 0.15) is 11.3 Å². The molecule has 166 valence electrons. The number of nitrogen functional groups attached to an aromatic ring is 1. The number of benzene rings is 1. The van der Waals surface area contributed by atoms with Crippen LogP contribution >= 0.6 is 0 Å². The molecule has 2 heterocycles. The highest BCUT2D eigenvalue weighted by Gasteiger charge is 2.50. The number of carbonyl (C=O) groups is 1. The van der Waals surface area contributed by atoms with E-state index < -0.39 is 34.3 Å². The molecule has 1 aliphatic heterocycles. The van der Waals surface area contributed by atoms with Crippen LogP contribution in [0.2, 0.25) is 0 Å². The Kier molecular flexibility index (Phi) is 4.51. The van der Waals surface area contributed by atoms with Gasteiger partial charge < -0.3 is 25.6 Å². The number of nitrogens with two attached hydrogens (primary N) is 1. The molecule has 3 fully saturated rings. The molecule has 2 saturated carbocycles. The molecular weight excluding hydrogens is 406 g/mol. The van der Waals surface area contributed by atoms with Gasteiger partial charge in [-0.25, -0.2) is 13.6 Å². The summed E-state index contributed by atoms with van der Waals surface area (Å²) >= 11 is 0. The number of fused-ring (bicyclic) bond motifs is 2. The summed E-state index contributed by atoms with van der Waals surface area (Å²) in [5.74, 6) is -2.92. The minimum atomic E-state index is -1.44. The highest BCUT2D eigenvalue weighted by molar-refractivity contribution is 5.99. The number of carboxylic acid groups (broad SMARTS) is 1. The molecule has 1 aromatic carbocycles. The fourth-order valence-corrected chi connectivity index (χ4v) is 5.85. The molecule has 0 unspecified atom stereocenters. The average molecular weight is 432 g/mol. The predicted molar refractivity (Wildman–Crippen MR) is 114 cm³/mol.